The predicted molar refractivity (Wildman–Crippen MR) is 74.1 cm³/mol. The van der Waals surface area contributed by atoms with E-state index in [1.165, 1.54) is 64.5 Å². The second-order valence-corrected chi connectivity index (χ2v) is 6.33. The zero-order valence-electron chi connectivity index (χ0n) is 11.8. The first-order chi connectivity index (χ1) is 8.18. The van der Waals surface area contributed by atoms with E-state index >= 15 is 0 Å². The lowest BCUT2D eigenvalue weighted by molar-refractivity contribution is 0.0374. The first-order valence-electron chi connectivity index (χ1n) is 7.69. The van der Waals surface area contributed by atoms with Gasteiger partial charge in [0.2, 0.25) is 0 Å². The van der Waals surface area contributed by atoms with Gasteiger partial charge in [0.25, 0.3) is 0 Å². The first kappa shape index (κ1) is 13.4. The van der Waals surface area contributed by atoms with Crippen LogP contribution in [-0.4, -0.2) is 29.6 Å². The van der Waals surface area contributed by atoms with Crippen molar-refractivity contribution in [1.29, 1.82) is 0 Å². The summed E-state index contributed by atoms with van der Waals surface area (Å²) in [5.74, 6) is 0.780. The number of hydrogen-bond donors (Lipinski definition) is 1. The quantitative estimate of drug-likeness (QED) is 0.815. The molecule has 2 aliphatic rings. The number of hydrogen-bond acceptors (Lipinski definition) is 2. The van der Waals surface area contributed by atoms with Crippen LogP contribution in [0.3, 0.4) is 0 Å². The van der Waals surface area contributed by atoms with Crippen molar-refractivity contribution in [2.75, 3.05) is 13.1 Å². The summed E-state index contributed by atoms with van der Waals surface area (Å²) in [5.41, 5.74) is 6.90. The van der Waals surface area contributed by atoms with Crippen LogP contribution in [0.15, 0.2) is 0 Å². The van der Waals surface area contributed by atoms with E-state index in [2.05, 4.69) is 18.7 Å². The summed E-state index contributed by atoms with van der Waals surface area (Å²) >= 11 is 0. The summed E-state index contributed by atoms with van der Waals surface area (Å²) in [4.78, 5) is 2.69. The Balaban J connectivity index is 2.05. The van der Waals surface area contributed by atoms with Crippen molar-refractivity contribution in [1.82, 2.24) is 4.90 Å². The van der Waals surface area contributed by atoms with Crippen LogP contribution < -0.4 is 5.73 Å². The van der Waals surface area contributed by atoms with Crippen LogP contribution in [-0.2, 0) is 0 Å². The van der Waals surface area contributed by atoms with Gasteiger partial charge in [0.1, 0.15) is 0 Å². The Morgan fingerprint density at radius 3 is 2.24 bits per heavy atom. The third kappa shape index (κ3) is 2.68. The molecule has 1 saturated heterocycles. The van der Waals surface area contributed by atoms with Crippen LogP contribution >= 0.6 is 0 Å². The largest absolute Gasteiger partial charge is 0.326 e. The van der Waals surface area contributed by atoms with E-state index in [1.54, 1.807) is 0 Å². The van der Waals surface area contributed by atoms with E-state index in [0.717, 1.165) is 5.92 Å². The van der Waals surface area contributed by atoms with Crippen molar-refractivity contribution >= 4 is 0 Å². The van der Waals surface area contributed by atoms with Crippen LogP contribution in [0.4, 0.5) is 0 Å². The molecule has 0 spiro atoms. The van der Waals surface area contributed by atoms with Crippen LogP contribution in [0.25, 0.3) is 0 Å². The van der Waals surface area contributed by atoms with Gasteiger partial charge in [-0.25, -0.2) is 0 Å². The second-order valence-electron chi connectivity index (χ2n) is 6.33. The minimum Gasteiger partial charge on any atom is -0.326 e. The summed E-state index contributed by atoms with van der Waals surface area (Å²) in [7, 11) is 0. The van der Waals surface area contributed by atoms with Crippen molar-refractivity contribution in [3.05, 3.63) is 0 Å². The molecule has 0 aromatic heterocycles. The van der Waals surface area contributed by atoms with Crippen LogP contribution in [0.5, 0.6) is 0 Å². The van der Waals surface area contributed by atoms with Crippen LogP contribution in [0, 0.1) is 5.92 Å². The second kappa shape index (κ2) is 5.71. The molecule has 1 saturated carbocycles. The topological polar surface area (TPSA) is 29.3 Å². The molecular weight excluding hydrogens is 208 g/mol. The van der Waals surface area contributed by atoms with Gasteiger partial charge in [-0.3, -0.25) is 4.90 Å². The fourth-order valence-corrected chi connectivity index (χ4v) is 3.90. The maximum atomic E-state index is 6.66. The Hall–Kier alpha value is -0.0800. The summed E-state index contributed by atoms with van der Waals surface area (Å²) < 4.78 is 0. The highest BCUT2D eigenvalue weighted by atomic mass is 15.2. The fraction of sp³-hybridized carbons (Fsp3) is 1.00. The van der Waals surface area contributed by atoms with Gasteiger partial charge in [-0.05, 0) is 58.0 Å². The SMILES string of the molecule is CCC(C)(C(N)C1CCCC1)N1CCCCC1. The van der Waals surface area contributed by atoms with Gasteiger partial charge in [0.15, 0.2) is 0 Å². The molecule has 1 heterocycles. The minimum absolute atomic E-state index is 0.245. The lowest BCUT2D eigenvalue weighted by Gasteiger charge is -2.48. The van der Waals surface area contributed by atoms with Gasteiger partial charge in [0, 0.05) is 11.6 Å². The molecule has 1 aliphatic heterocycles. The average Bonchev–Trinajstić information content (AvgIpc) is 2.92. The monoisotopic (exact) mass is 238 g/mol. The number of nitrogens with zero attached hydrogens (tertiary/aromatic N) is 1. The normalized spacial score (nSPS) is 29.1. The van der Waals surface area contributed by atoms with E-state index in [1.807, 2.05) is 0 Å². The molecule has 0 bridgehead atoms. The molecule has 100 valence electrons. The third-order valence-corrected chi connectivity index (χ3v) is 5.42. The van der Waals surface area contributed by atoms with Gasteiger partial charge in [-0.1, -0.05) is 26.2 Å². The standard InChI is InChI=1S/C15H30N2/c1-3-15(2,17-11-7-4-8-12-17)14(16)13-9-5-6-10-13/h13-14H,3-12,16H2,1-2H3. The van der Waals surface area contributed by atoms with Gasteiger partial charge >= 0.3 is 0 Å². The maximum absolute atomic E-state index is 6.66. The Kier molecular flexibility index (Phi) is 4.48. The Morgan fingerprint density at radius 2 is 1.71 bits per heavy atom. The zero-order chi connectivity index (χ0) is 12.3. The van der Waals surface area contributed by atoms with E-state index < -0.39 is 0 Å². The van der Waals surface area contributed by atoms with E-state index in [0.29, 0.717) is 6.04 Å². The molecule has 0 amide bonds. The molecule has 2 fully saturated rings. The van der Waals surface area contributed by atoms with Crippen molar-refractivity contribution in [3.8, 4) is 0 Å². The third-order valence-electron chi connectivity index (χ3n) is 5.42. The Bertz CT molecular complexity index is 229. The highest BCUT2D eigenvalue weighted by molar-refractivity contribution is 4.99. The highest BCUT2D eigenvalue weighted by Crippen LogP contribution is 2.36. The Morgan fingerprint density at radius 1 is 1.12 bits per heavy atom. The average molecular weight is 238 g/mol. The summed E-state index contributed by atoms with van der Waals surface area (Å²) in [5, 5.41) is 0. The van der Waals surface area contributed by atoms with Gasteiger partial charge in [0.05, 0.1) is 0 Å². The number of likely N-dealkylation sites (tertiary alicyclic amines) is 1. The smallest absolute Gasteiger partial charge is 0.0332 e. The van der Waals surface area contributed by atoms with Crippen LogP contribution in [0.2, 0.25) is 0 Å². The number of piperidine rings is 1. The molecular formula is C15H30N2. The Labute approximate surface area is 107 Å². The van der Waals surface area contributed by atoms with Gasteiger partial charge in [-0.2, -0.15) is 0 Å². The summed E-state index contributed by atoms with van der Waals surface area (Å²) in [6.45, 7) is 7.28. The van der Waals surface area contributed by atoms with E-state index in [-0.39, 0.29) is 5.54 Å². The summed E-state index contributed by atoms with van der Waals surface area (Å²) in [6.07, 6.45) is 10.9. The molecule has 0 radical (unpaired) electrons. The first-order valence-corrected chi connectivity index (χ1v) is 7.69. The minimum atomic E-state index is 0.245. The fourth-order valence-electron chi connectivity index (χ4n) is 3.90. The molecule has 2 atom stereocenters. The van der Waals surface area contributed by atoms with Crippen LogP contribution in [0.1, 0.15) is 65.2 Å². The van der Waals surface area contributed by atoms with Gasteiger partial charge in [-0.15, -0.1) is 0 Å². The molecule has 0 aromatic carbocycles. The molecule has 1 aliphatic carbocycles. The molecule has 2 nitrogen and oxygen atoms in total. The highest BCUT2D eigenvalue weighted by Gasteiger charge is 2.40. The number of nitrogens with two attached hydrogens (primary N) is 1. The number of rotatable bonds is 4. The summed E-state index contributed by atoms with van der Waals surface area (Å²) in [6, 6.07) is 0.382. The molecule has 2 rings (SSSR count). The molecule has 2 heteroatoms. The maximum Gasteiger partial charge on any atom is 0.0332 e. The molecule has 0 aromatic rings. The van der Waals surface area contributed by atoms with E-state index in [9.17, 15) is 0 Å². The predicted octanol–water partition coefficient (Wildman–Crippen LogP) is 3.16. The lowest BCUT2D eigenvalue weighted by Crippen LogP contribution is -2.61. The lowest BCUT2D eigenvalue weighted by atomic mass is 9.78. The zero-order valence-corrected chi connectivity index (χ0v) is 11.8. The molecule has 2 unspecified atom stereocenters. The van der Waals surface area contributed by atoms with Gasteiger partial charge < -0.3 is 5.73 Å². The molecule has 17 heavy (non-hydrogen) atoms. The van der Waals surface area contributed by atoms with Crippen molar-refractivity contribution < 1.29 is 0 Å². The van der Waals surface area contributed by atoms with Crippen molar-refractivity contribution in [3.63, 3.8) is 0 Å². The van der Waals surface area contributed by atoms with E-state index in [4.69, 9.17) is 5.73 Å². The van der Waals surface area contributed by atoms with Crippen molar-refractivity contribution in [2.24, 2.45) is 11.7 Å². The molecule has 2 N–H and O–H groups in total. The van der Waals surface area contributed by atoms with Crippen molar-refractivity contribution in [2.45, 2.75) is 76.8 Å².